The van der Waals surface area contributed by atoms with Gasteiger partial charge in [0.2, 0.25) is 0 Å². The third-order valence-electron chi connectivity index (χ3n) is 3.21. The van der Waals surface area contributed by atoms with Crippen LogP contribution in [0.5, 0.6) is 0 Å². The van der Waals surface area contributed by atoms with Crippen molar-refractivity contribution < 1.29 is 4.79 Å². The molecule has 0 bridgehead atoms. The molecule has 0 amide bonds. The number of rotatable bonds is 9. The van der Waals surface area contributed by atoms with Crippen LogP contribution in [0.25, 0.3) is 0 Å². The second kappa shape index (κ2) is 8.81. The zero-order chi connectivity index (χ0) is 13.2. The van der Waals surface area contributed by atoms with Gasteiger partial charge in [0.15, 0.2) is 0 Å². The van der Waals surface area contributed by atoms with Gasteiger partial charge in [0.05, 0.1) is 0 Å². The second-order valence-electron chi connectivity index (χ2n) is 4.81. The van der Waals surface area contributed by atoms with E-state index < -0.39 is 0 Å². The van der Waals surface area contributed by atoms with Crippen molar-refractivity contribution in [1.82, 2.24) is 4.98 Å². The lowest BCUT2D eigenvalue weighted by atomic mass is 9.93. The fraction of sp³-hybridized carbons (Fsp3) is 0.600. The van der Waals surface area contributed by atoms with Crippen LogP contribution in [0, 0.1) is 5.92 Å². The first kappa shape index (κ1) is 14.8. The lowest BCUT2D eigenvalue weighted by Gasteiger charge is -2.14. The van der Waals surface area contributed by atoms with Crippen LogP contribution in [-0.2, 0) is 11.2 Å². The summed E-state index contributed by atoms with van der Waals surface area (Å²) in [5, 5.41) is 0. The Hall–Kier alpha value is -1.22. The number of nitrogens with two attached hydrogens (primary N) is 1. The minimum Gasteiger partial charge on any atom is -0.330 e. The van der Waals surface area contributed by atoms with Crippen LogP contribution in [0.3, 0.4) is 0 Å². The zero-order valence-corrected chi connectivity index (χ0v) is 11.3. The molecule has 3 nitrogen and oxygen atoms in total. The molecule has 0 radical (unpaired) electrons. The summed E-state index contributed by atoms with van der Waals surface area (Å²) in [6.07, 6.45) is 7.19. The minimum atomic E-state index is 0.284. The van der Waals surface area contributed by atoms with Crippen molar-refractivity contribution in [2.45, 2.75) is 45.4 Å². The molecule has 18 heavy (non-hydrogen) atoms. The molecule has 1 atom stereocenters. The minimum absolute atomic E-state index is 0.284. The Balaban J connectivity index is 2.31. The van der Waals surface area contributed by atoms with Crippen molar-refractivity contribution in [1.29, 1.82) is 0 Å². The monoisotopic (exact) mass is 248 g/mol. The molecular weight excluding hydrogens is 224 g/mol. The maximum Gasteiger partial charge on any atom is 0.138 e. The maximum absolute atomic E-state index is 11.9. The molecule has 0 fully saturated rings. The normalized spacial score (nSPS) is 12.3. The number of carbonyl (C=O) groups excluding carboxylic acids is 1. The average Bonchev–Trinajstić information content (AvgIpc) is 2.38. The Morgan fingerprint density at radius 1 is 1.33 bits per heavy atom. The molecule has 0 saturated carbocycles. The summed E-state index contributed by atoms with van der Waals surface area (Å²) in [4.78, 5) is 16.0. The highest BCUT2D eigenvalue weighted by Gasteiger charge is 2.10. The molecule has 0 aromatic carbocycles. The molecule has 0 aliphatic heterocycles. The molecule has 100 valence electrons. The van der Waals surface area contributed by atoms with E-state index in [4.69, 9.17) is 5.73 Å². The number of ketones is 1. The molecule has 3 heteroatoms. The Morgan fingerprint density at radius 2 is 2.17 bits per heavy atom. The van der Waals surface area contributed by atoms with Gasteiger partial charge >= 0.3 is 0 Å². The number of Topliss-reactive ketones (excluding diaryl/α,β-unsaturated/α-hetero) is 1. The second-order valence-corrected chi connectivity index (χ2v) is 4.81. The van der Waals surface area contributed by atoms with Gasteiger partial charge in [-0.25, -0.2) is 0 Å². The number of carbonyl (C=O) groups is 1. The van der Waals surface area contributed by atoms with Gasteiger partial charge in [0.25, 0.3) is 0 Å². The van der Waals surface area contributed by atoms with Crippen molar-refractivity contribution in [3.63, 3.8) is 0 Å². The number of hydrogen-bond donors (Lipinski definition) is 1. The topological polar surface area (TPSA) is 56.0 Å². The van der Waals surface area contributed by atoms with E-state index >= 15 is 0 Å². The van der Waals surface area contributed by atoms with Crippen molar-refractivity contribution >= 4 is 5.78 Å². The van der Waals surface area contributed by atoms with Gasteiger partial charge in [-0.05, 0) is 37.4 Å². The summed E-state index contributed by atoms with van der Waals surface area (Å²) in [6.45, 7) is 2.90. The van der Waals surface area contributed by atoms with Crippen LogP contribution in [0.1, 0.15) is 44.7 Å². The SMILES string of the molecule is CCCC(CCN)CCC(=O)Cc1ccccn1. The molecule has 0 saturated heterocycles. The summed E-state index contributed by atoms with van der Waals surface area (Å²) in [6, 6.07) is 5.69. The number of nitrogens with zero attached hydrogens (tertiary/aromatic N) is 1. The van der Waals surface area contributed by atoms with Crippen LogP contribution in [0.15, 0.2) is 24.4 Å². The maximum atomic E-state index is 11.9. The third-order valence-corrected chi connectivity index (χ3v) is 3.21. The van der Waals surface area contributed by atoms with Crippen LogP contribution in [0.4, 0.5) is 0 Å². The van der Waals surface area contributed by atoms with E-state index in [2.05, 4.69) is 11.9 Å². The van der Waals surface area contributed by atoms with Crippen LogP contribution < -0.4 is 5.73 Å². The summed E-state index contributed by atoms with van der Waals surface area (Å²) >= 11 is 0. The quantitative estimate of drug-likeness (QED) is 0.731. The van der Waals surface area contributed by atoms with E-state index in [-0.39, 0.29) is 5.78 Å². The predicted octanol–water partition coefficient (Wildman–Crippen LogP) is 2.74. The summed E-state index contributed by atoms with van der Waals surface area (Å²) in [5.74, 6) is 0.888. The van der Waals surface area contributed by atoms with Crippen LogP contribution in [-0.4, -0.2) is 17.3 Å². The van der Waals surface area contributed by atoms with Gasteiger partial charge in [-0.1, -0.05) is 25.8 Å². The highest BCUT2D eigenvalue weighted by molar-refractivity contribution is 5.80. The molecule has 0 spiro atoms. The fourth-order valence-electron chi connectivity index (χ4n) is 2.24. The molecule has 0 aliphatic rings. The van der Waals surface area contributed by atoms with E-state index in [1.807, 2.05) is 18.2 Å². The van der Waals surface area contributed by atoms with Crippen molar-refractivity contribution in [2.24, 2.45) is 11.7 Å². The average molecular weight is 248 g/mol. The summed E-state index contributed by atoms with van der Waals surface area (Å²) < 4.78 is 0. The smallest absolute Gasteiger partial charge is 0.138 e. The van der Waals surface area contributed by atoms with Crippen molar-refractivity contribution in [2.75, 3.05) is 6.54 Å². The van der Waals surface area contributed by atoms with Crippen molar-refractivity contribution in [3.8, 4) is 0 Å². The number of pyridine rings is 1. The molecule has 1 aromatic rings. The highest BCUT2D eigenvalue weighted by atomic mass is 16.1. The van der Waals surface area contributed by atoms with Gasteiger partial charge in [-0.15, -0.1) is 0 Å². The molecule has 1 unspecified atom stereocenters. The number of hydrogen-bond acceptors (Lipinski definition) is 3. The molecule has 0 aliphatic carbocycles. The highest BCUT2D eigenvalue weighted by Crippen LogP contribution is 2.17. The van der Waals surface area contributed by atoms with Gasteiger partial charge in [-0.3, -0.25) is 9.78 Å². The van der Waals surface area contributed by atoms with Gasteiger partial charge in [0, 0.05) is 24.7 Å². The van der Waals surface area contributed by atoms with E-state index in [1.165, 1.54) is 12.8 Å². The van der Waals surface area contributed by atoms with E-state index in [0.29, 0.717) is 18.8 Å². The molecule has 2 N–H and O–H groups in total. The first-order valence-corrected chi connectivity index (χ1v) is 6.88. The Bertz CT molecular complexity index is 332. The van der Waals surface area contributed by atoms with E-state index in [9.17, 15) is 4.79 Å². The Labute approximate surface area is 110 Å². The molecule has 1 rings (SSSR count). The zero-order valence-electron chi connectivity index (χ0n) is 11.3. The summed E-state index contributed by atoms with van der Waals surface area (Å²) in [7, 11) is 0. The largest absolute Gasteiger partial charge is 0.330 e. The Morgan fingerprint density at radius 3 is 2.78 bits per heavy atom. The van der Waals surface area contributed by atoms with Crippen LogP contribution >= 0.6 is 0 Å². The molecular formula is C15H24N2O. The third kappa shape index (κ3) is 5.92. The van der Waals surface area contributed by atoms with Crippen LogP contribution in [0.2, 0.25) is 0 Å². The van der Waals surface area contributed by atoms with E-state index in [0.717, 1.165) is 25.1 Å². The molecule has 1 heterocycles. The van der Waals surface area contributed by atoms with Crippen molar-refractivity contribution in [3.05, 3.63) is 30.1 Å². The van der Waals surface area contributed by atoms with Gasteiger partial charge in [-0.2, -0.15) is 0 Å². The van der Waals surface area contributed by atoms with Gasteiger partial charge in [0.1, 0.15) is 5.78 Å². The predicted molar refractivity (Wildman–Crippen MR) is 74.3 cm³/mol. The van der Waals surface area contributed by atoms with E-state index in [1.54, 1.807) is 6.20 Å². The first-order valence-electron chi connectivity index (χ1n) is 6.88. The number of aromatic nitrogens is 1. The Kier molecular flexibility index (Phi) is 7.26. The standard InChI is InChI=1S/C15H24N2O/c1-2-5-13(9-10-16)7-8-15(18)12-14-6-3-4-11-17-14/h3-4,6,11,13H,2,5,7-10,12,16H2,1H3. The summed E-state index contributed by atoms with van der Waals surface area (Å²) in [5.41, 5.74) is 6.46. The van der Waals surface area contributed by atoms with Gasteiger partial charge < -0.3 is 5.73 Å². The molecule has 1 aromatic heterocycles. The first-order chi connectivity index (χ1) is 8.76. The lowest BCUT2D eigenvalue weighted by molar-refractivity contribution is -0.118. The fourth-order valence-corrected chi connectivity index (χ4v) is 2.24. The lowest BCUT2D eigenvalue weighted by Crippen LogP contribution is -2.12.